The van der Waals surface area contributed by atoms with Gasteiger partial charge in [-0.3, -0.25) is 0 Å². The standard InChI is InChI=1S/C18H21NO4S/c1-14-6-3-4-7-15(14)13-19(2)24(20,21)16-8-9-17-18(12-16)23-11-5-10-22-17/h3-4,6-9,12H,5,10-11,13H2,1-2H3. The lowest BCUT2D eigenvalue weighted by atomic mass is 10.1. The molecule has 0 amide bonds. The van der Waals surface area contributed by atoms with E-state index in [0.717, 1.165) is 17.5 Å². The maximum Gasteiger partial charge on any atom is 0.243 e. The zero-order chi connectivity index (χ0) is 17.2. The van der Waals surface area contributed by atoms with Crippen LogP contribution >= 0.6 is 0 Å². The molecule has 0 N–H and O–H groups in total. The Morgan fingerprint density at radius 2 is 1.75 bits per heavy atom. The van der Waals surface area contributed by atoms with E-state index in [1.54, 1.807) is 25.2 Å². The summed E-state index contributed by atoms with van der Waals surface area (Å²) in [5.41, 5.74) is 2.05. The van der Waals surface area contributed by atoms with E-state index >= 15 is 0 Å². The van der Waals surface area contributed by atoms with E-state index in [1.807, 2.05) is 31.2 Å². The van der Waals surface area contributed by atoms with Crippen molar-refractivity contribution in [1.82, 2.24) is 4.31 Å². The van der Waals surface area contributed by atoms with E-state index in [4.69, 9.17) is 9.47 Å². The van der Waals surface area contributed by atoms with Crippen molar-refractivity contribution in [2.75, 3.05) is 20.3 Å². The van der Waals surface area contributed by atoms with E-state index in [1.165, 1.54) is 4.31 Å². The number of rotatable bonds is 4. The Bertz CT molecular complexity index is 833. The lowest BCUT2D eigenvalue weighted by Gasteiger charge is -2.19. The molecule has 0 atom stereocenters. The number of benzene rings is 2. The van der Waals surface area contributed by atoms with Gasteiger partial charge in [-0.1, -0.05) is 24.3 Å². The smallest absolute Gasteiger partial charge is 0.243 e. The summed E-state index contributed by atoms with van der Waals surface area (Å²) in [6.07, 6.45) is 0.782. The third kappa shape index (κ3) is 3.39. The molecule has 0 fully saturated rings. The van der Waals surface area contributed by atoms with Crippen molar-refractivity contribution in [2.45, 2.75) is 24.8 Å². The Morgan fingerprint density at radius 1 is 1.04 bits per heavy atom. The van der Waals surface area contributed by atoms with E-state index in [9.17, 15) is 8.42 Å². The Morgan fingerprint density at radius 3 is 2.50 bits per heavy atom. The molecular weight excluding hydrogens is 326 g/mol. The average molecular weight is 347 g/mol. The summed E-state index contributed by atoms with van der Waals surface area (Å²) in [6.45, 7) is 3.40. The number of nitrogens with zero attached hydrogens (tertiary/aromatic N) is 1. The number of ether oxygens (including phenoxy) is 2. The molecule has 0 unspecified atom stereocenters. The molecule has 1 heterocycles. The van der Waals surface area contributed by atoms with Crippen LogP contribution in [0.15, 0.2) is 47.4 Å². The molecule has 128 valence electrons. The van der Waals surface area contributed by atoms with Crippen molar-refractivity contribution in [3.8, 4) is 11.5 Å². The van der Waals surface area contributed by atoms with E-state index in [0.29, 0.717) is 31.3 Å². The number of aryl methyl sites for hydroxylation is 1. The SMILES string of the molecule is Cc1ccccc1CN(C)S(=O)(=O)c1ccc2c(c1)OCCCO2. The highest BCUT2D eigenvalue weighted by Gasteiger charge is 2.23. The topological polar surface area (TPSA) is 55.8 Å². The van der Waals surface area contributed by atoms with E-state index in [2.05, 4.69) is 0 Å². The van der Waals surface area contributed by atoms with Gasteiger partial charge in [-0.15, -0.1) is 0 Å². The van der Waals surface area contributed by atoms with Crippen molar-refractivity contribution < 1.29 is 17.9 Å². The van der Waals surface area contributed by atoms with Gasteiger partial charge in [-0.05, 0) is 30.2 Å². The molecule has 0 bridgehead atoms. The van der Waals surface area contributed by atoms with Crippen LogP contribution in [0.1, 0.15) is 17.5 Å². The van der Waals surface area contributed by atoms with Crippen molar-refractivity contribution >= 4 is 10.0 Å². The van der Waals surface area contributed by atoms with Gasteiger partial charge in [0.05, 0.1) is 18.1 Å². The quantitative estimate of drug-likeness (QED) is 0.853. The lowest BCUT2D eigenvalue weighted by Crippen LogP contribution is -2.26. The first-order valence-corrected chi connectivity index (χ1v) is 9.33. The zero-order valence-corrected chi connectivity index (χ0v) is 14.7. The van der Waals surface area contributed by atoms with E-state index in [-0.39, 0.29) is 4.90 Å². The van der Waals surface area contributed by atoms with Crippen LogP contribution in [0.25, 0.3) is 0 Å². The fourth-order valence-electron chi connectivity index (χ4n) is 2.60. The molecule has 0 saturated heterocycles. The van der Waals surface area contributed by atoms with Crippen LogP contribution in [-0.4, -0.2) is 33.0 Å². The van der Waals surface area contributed by atoms with Crippen LogP contribution in [0.4, 0.5) is 0 Å². The predicted molar refractivity (Wildman–Crippen MR) is 91.9 cm³/mol. The van der Waals surface area contributed by atoms with Crippen LogP contribution in [0.5, 0.6) is 11.5 Å². The van der Waals surface area contributed by atoms with Crippen LogP contribution in [0.3, 0.4) is 0 Å². The highest BCUT2D eigenvalue weighted by atomic mass is 32.2. The van der Waals surface area contributed by atoms with Gasteiger partial charge >= 0.3 is 0 Å². The van der Waals surface area contributed by atoms with Crippen LogP contribution in [0.2, 0.25) is 0 Å². The molecule has 5 nitrogen and oxygen atoms in total. The predicted octanol–water partition coefficient (Wildman–Crippen LogP) is 2.98. The third-order valence-electron chi connectivity index (χ3n) is 4.08. The fraction of sp³-hybridized carbons (Fsp3) is 0.333. The summed E-state index contributed by atoms with van der Waals surface area (Å²) in [7, 11) is -2.01. The Kier molecular flexibility index (Phi) is 4.78. The van der Waals surface area contributed by atoms with Crippen LogP contribution < -0.4 is 9.47 Å². The minimum absolute atomic E-state index is 0.211. The van der Waals surface area contributed by atoms with Gasteiger partial charge in [0, 0.05) is 26.1 Å². The molecule has 1 aliphatic rings. The molecule has 2 aromatic rings. The minimum Gasteiger partial charge on any atom is -0.490 e. The van der Waals surface area contributed by atoms with Gasteiger partial charge in [0.2, 0.25) is 10.0 Å². The molecule has 0 saturated carbocycles. The summed E-state index contributed by atoms with van der Waals surface area (Å²) in [5.74, 6) is 1.07. The second kappa shape index (κ2) is 6.83. The molecule has 24 heavy (non-hydrogen) atoms. The first-order valence-electron chi connectivity index (χ1n) is 7.89. The lowest BCUT2D eigenvalue weighted by molar-refractivity contribution is 0.297. The number of fused-ring (bicyclic) bond motifs is 1. The van der Waals surface area contributed by atoms with Gasteiger partial charge in [-0.2, -0.15) is 4.31 Å². The largest absolute Gasteiger partial charge is 0.490 e. The van der Waals surface area contributed by atoms with Gasteiger partial charge in [0.25, 0.3) is 0 Å². The van der Waals surface area contributed by atoms with Crippen molar-refractivity contribution in [3.63, 3.8) is 0 Å². The molecule has 3 rings (SSSR count). The average Bonchev–Trinajstić information content (AvgIpc) is 2.81. The highest BCUT2D eigenvalue weighted by molar-refractivity contribution is 7.89. The normalized spacial score (nSPS) is 14.5. The molecule has 0 aromatic heterocycles. The molecule has 0 aliphatic carbocycles. The second-order valence-corrected chi connectivity index (χ2v) is 7.89. The molecule has 2 aromatic carbocycles. The van der Waals surface area contributed by atoms with E-state index < -0.39 is 10.0 Å². The Hall–Kier alpha value is -2.05. The minimum atomic E-state index is -3.60. The summed E-state index contributed by atoms with van der Waals surface area (Å²) in [5, 5.41) is 0. The Labute approximate surface area is 142 Å². The van der Waals surface area contributed by atoms with Gasteiger partial charge in [0.1, 0.15) is 0 Å². The fourth-order valence-corrected chi connectivity index (χ4v) is 3.76. The summed E-state index contributed by atoms with van der Waals surface area (Å²) >= 11 is 0. The second-order valence-electron chi connectivity index (χ2n) is 5.85. The van der Waals surface area contributed by atoms with Gasteiger partial charge in [0.15, 0.2) is 11.5 Å². The molecule has 1 aliphatic heterocycles. The Balaban J connectivity index is 1.87. The molecular formula is C18H21NO4S. The van der Waals surface area contributed by atoms with Crippen molar-refractivity contribution in [3.05, 3.63) is 53.6 Å². The number of hydrogen-bond donors (Lipinski definition) is 0. The van der Waals surface area contributed by atoms with Crippen molar-refractivity contribution in [2.24, 2.45) is 0 Å². The van der Waals surface area contributed by atoms with Crippen LogP contribution in [0, 0.1) is 6.92 Å². The summed E-state index contributed by atoms with van der Waals surface area (Å²) in [6, 6.07) is 12.5. The monoisotopic (exact) mass is 347 g/mol. The summed E-state index contributed by atoms with van der Waals surface area (Å²) in [4.78, 5) is 0.211. The number of hydrogen-bond acceptors (Lipinski definition) is 4. The van der Waals surface area contributed by atoms with Crippen molar-refractivity contribution in [1.29, 1.82) is 0 Å². The molecule has 0 radical (unpaired) electrons. The first kappa shape index (κ1) is 16.8. The molecule has 6 heteroatoms. The summed E-state index contributed by atoms with van der Waals surface area (Å²) < 4.78 is 38.2. The third-order valence-corrected chi connectivity index (χ3v) is 5.88. The highest BCUT2D eigenvalue weighted by Crippen LogP contribution is 2.33. The maximum absolute atomic E-state index is 12.8. The van der Waals surface area contributed by atoms with Gasteiger partial charge < -0.3 is 9.47 Å². The zero-order valence-electron chi connectivity index (χ0n) is 13.9. The van der Waals surface area contributed by atoms with Gasteiger partial charge in [-0.25, -0.2) is 8.42 Å². The van der Waals surface area contributed by atoms with Crippen LogP contribution in [-0.2, 0) is 16.6 Å². The number of sulfonamides is 1. The first-order chi connectivity index (χ1) is 11.5. The molecule has 0 spiro atoms. The maximum atomic E-state index is 12.8.